The second-order valence-electron chi connectivity index (χ2n) is 2.43. The standard InChI is InChI=1S/C8H8N2O3/c9-7(11)6(8(12)13)5-3-1-2-4-10-5/h1-4,6H,(H2,9,11)(H,12,13). The fourth-order valence-electron chi connectivity index (χ4n) is 0.941. The summed E-state index contributed by atoms with van der Waals surface area (Å²) in [5, 5.41) is 8.66. The van der Waals surface area contributed by atoms with Gasteiger partial charge in [-0.25, -0.2) is 0 Å². The fourth-order valence-corrected chi connectivity index (χ4v) is 0.941. The first-order chi connectivity index (χ1) is 6.13. The first kappa shape index (κ1) is 9.18. The molecule has 0 aliphatic heterocycles. The maximum Gasteiger partial charge on any atom is 0.322 e. The minimum absolute atomic E-state index is 0.155. The Bertz CT molecular complexity index is 309. The van der Waals surface area contributed by atoms with Crippen LogP contribution in [0.25, 0.3) is 0 Å². The average Bonchev–Trinajstić information content (AvgIpc) is 2.04. The summed E-state index contributed by atoms with van der Waals surface area (Å²) in [4.78, 5) is 25.1. The lowest BCUT2D eigenvalue weighted by molar-refractivity contribution is -0.142. The van der Waals surface area contributed by atoms with E-state index in [4.69, 9.17) is 10.8 Å². The molecule has 1 heterocycles. The highest BCUT2D eigenvalue weighted by Crippen LogP contribution is 2.11. The Morgan fingerprint density at radius 3 is 2.54 bits per heavy atom. The summed E-state index contributed by atoms with van der Waals surface area (Å²) in [7, 11) is 0. The smallest absolute Gasteiger partial charge is 0.322 e. The monoisotopic (exact) mass is 180 g/mol. The second kappa shape index (κ2) is 3.66. The Morgan fingerprint density at radius 2 is 2.15 bits per heavy atom. The van der Waals surface area contributed by atoms with E-state index in [0.717, 1.165) is 0 Å². The third-order valence-electron chi connectivity index (χ3n) is 1.52. The molecule has 0 aliphatic carbocycles. The maximum atomic E-state index is 10.7. The van der Waals surface area contributed by atoms with Gasteiger partial charge < -0.3 is 10.8 Å². The molecule has 0 spiro atoms. The van der Waals surface area contributed by atoms with Crippen molar-refractivity contribution in [3.8, 4) is 0 Å². The van der Waals surface area contributed by atoms with Gasteiger partial charge in [0.2, 0.25) is 5.91 Å². The number of nitrogens with zero attached hydrogens (tertiary/aromatic N) is 1. The number of aliphatic carboxylic acids is 1. The van der Waals surface area contributed by atoms with Gasteiger partial charge in [0.1, 0.15) is 0 Å². The average molecular weight is 180 g/mol. The molecule has 0 bridgehead atoms. The number of pyridine rings is 1. The molecule has 0 aromatic carbocycles. The summed E-state index contributed by atoms with van der Waals surface area (Å²) < 4.78 is 0. The Labute approximate surface area is 74.2 Å². The quantitative estimate of drug-likeness (QED) is 0.626. The molecule has 0 aliphatic rings. The van der Waals surface area contributed by atoms with E-state index in [2.05, 4.69) is 4.98 Å². The van der Waals surface area contributed by atoms with E-state index in [0.29, 0.717) is 0 Å². The van der Waals surface area contributed by atoms with Crippen LogP contribution in [0.1, 0.15) is 11.6 Å². The molecule has 0 radical (unpaired) electrons. The molecular formula is C8H8N2O3. The minimum Gasteiger partial charge on any atom is -0.480 e. The van der Waals surface area contributed by atoms with Crippen molar-refractivity contribution in [3.63, 3.8) is 0 Å². The molecule has 1 rings (SSSR count). The normalized spacial score (nSPS) is 12.0. The van der Waals surface area contributed by atoms with E-state index in [1.54, 1.807) is 12.1 Å². The van der Waals surface area contributed by atoms with Crippen molar-refractivity contribution >= 4 is 11.9 Å². The van der Waals surface area contributed by atoms with E-state index in [1.807, 2.05) is 0 Å². The molecule has 5 nitrogen and oxygen atoms in total. The van der Waals surface area contributed by atoms with Crippen LogP contribution in [-0.4, -0.2) is 22.0 Å². The molecule has 0 saturated heterocycles. The first-order valence-corrected chi connectivity index (χ1v) is 3.56. The Morgan fingerprint density at radius 1 is 1.46 bits per heavy atom. The van der Waals surface area contributed by atoms with E-state index < -0.39 is 17.8 Å². The third kappa shape index (κ3) is 2.02. The molecule has 13 heavy (non-hydrogen) atoms. The molecule has 5 heteroatoms. The number of carboxylic acids is 1. The van der Waals surface area contributed by atoms with E-state index in [1.165, 1.54) is 12.3 Å². The number of aromatic nitrogens is 1. The lowest BCUT2D eigenvalue weighted by Gasteiger charge is -2.06. The van der Waals surface area contributed by atoms with Crippen molar-refractivity contribution in [1.82, 2.24) is 4.98 Å². The van der Waals surface area contributed by atoms with Crippen LogP contribution in [0.5, 0.6) is 0 Å². The lowest BCUT2D eigenvalue weighted by atomic mass is 10.1. The van der Waals surface area contributed by atoms with Crippen LogP contribution in [0, 0.1) is 0 Å². The molecule has 1 aromatic rings. The molecule has 1 amide bonds. The number of nitrogens with two attached hydrogens (primary N) is 1. The van der Waals surface area contributed by atoms with E-state index in [9.17, 15) is 9.59 Å². The zero-order chi connectivity index (χ0) is 9.84. The summed E-state index contributed by atoms with van der Waals surface area (Å²) in [6.07, 6.45) is 1.41. The molecule has 0 fully saturated rings. The Kier molecular flexibility index (Phi) is 2.59. The molecule has 1 unspecified atom stereocenters. The van der Waals surface area contributed by atoms with Gasteiger partial charge in [-0.05, 0) is 12.1 Å². The number of carboxylic acid groups (broad SMARTS) is 1. The first-order valence-electron chi connectivity index (χ1n) is 3.56. The van der Waals surface area contributed by atoms with Crippen LogP contribution >= 0.6 is 0 Å². The van der Waals surface area contributed by atoms with Crippen LogP contribution in [0.3, 0.4) is 0 Å². The summed E-state index contributed by atoms with van der Waals surface area (Å²) in [6.45, 7) is 0. The number of primary amides is 1. The predicted octanol–water partition coefficient (Wildman–Crippen LogP) is -0.265. The number of hydrogen-bond acceptors (Lipinski definition) is 3. The van der Waals surface area contributed by atoms with Gasteiger partial charge in [-0.3, -0.25) is 14.6 Å². The fraction of sp³-hybridized carbons (Fsp3) is 0.125. The zero-order valence-electron chi connectivity index (χ0n) is 6.68. The minimum atomic E-state index is -1.36. The van der Waals surface area contributed by atoms with Crippen molar-refractivity contribution in [2.45, 2.75) is 5.92 Å². The van der Waals surface area contributed by atoms with Crippen LogP contribution in [0.2, 0.25) is 0 Å². The van der Waals surface area contributed by atoms with Gasteiger partial charge in [-0.2, -0.15) is 0 Å². The highest BCUT2D eigenvalue weighted by Gasteiger charge is 2.26. The molecular weight excluding hydrogens is 172 g/mol. The van der Waals surface area contributed by atoms with Crippen molar-refractivity contribution in [2.24, 2.45) is 5.73 Å². The topological polar surface area (TPSA) is 93.3 Å². The Hall–Kier alpha value is -1.91. The molecule has 0 saturated carbocycles. The SMILES string of the molecule is NC(=O)C(C(=O)O)c1ccccn1. The molecule has 3 N–H and O–H groups in total. The van der Waals surface area contributed by atoms with Gasteiger partial charge in [0.15, 0.2) is 5.92 Å². The van der Waals surface area contributed by atoms with Crippen molar-refractivity contribution in [3.05, 3.63) is 30.1 Å². The van der Waals surface area contributed by atoms with Crippen molar-refractivity contribution < 1.29 is 14.7 Å². The Balaban J connectivity index is 3.03. The lowest BCUT2D eigenvalue weighted by Crippen LogP contribution is -2.28. The highest BCUT2D eigenvalue weighted by atomic mass is 16.4. The van der Waals surface area contributed by atoms with Gasteiger partial charge in [0, 0.05) is 6.20 Å². The summed E-state index contributed by atoms with van der Waals surface area (Å²) in [5.41, 5.74) is 5.06. The number of rotatable bonds is 3. The number of amides is 1. The molecule has 1 aromatic heterocycles. The summed E-state index contributed by atoms with van der Waals surface area (Å²) >= 11 is 0. The molecule has 1 atom stereocenters. The van der Waals surface area contributed by atoms with Crippen LogP contribution in [0.4, 0.5) is 0 Å². The number of hydrogen-bond donors (Lipinski definition) is 2. The van der Waals surface area contributed by atoms with Gasteiger partial charge in [0.05, 0.1) is 5.69 Å². The van der Waals surface area contributed by atoms with Crippen LogP contribution in [0.15, 0.2) is 24.4 Å². The van der Waals surface area contributed by atoms with E-state index >= 15 is 0 Å². The molecule has 68 valence electrons. The zero-order valence-corrected chi connectivity index (χ0v) is 6.68. The van der Waals surface area contributed by atoms with Crippen LogP contribution < -0.4 is 5.73 Å². The van der Waals surface area contributed by atoms with Crippen molar-refractivity contribution in [1.29, 1.82) is 0 Å². The number of carbonyl (C=O) groups excluding carboxylic acids is 1. The van der Waals surface area contributed by atoms with Gasteiger partial charge in [-0.15, -0.1) is 0 Å². The highest BCUT2D eigenvalue weighted by molar-refractivity contribution is 6.01. The second-order valence-corrected chi connectivity index (χ2v) is 2.43. The van der Waals surface area contributed by atoms with Gasteiger partial charge in [0.25, 0.3) is 0 Å². The maximum absolute atomic E-state index is 10.7. The van der Waals surface area contributed by atoms with Gasteiger partial charge >= 0.3 is 5.97 Å². The number of carbonyl (C=O) groups is 2. The van der Waals surface area contributed by atoms with Crippen LogP contribution in [-0.2, 0) is 9.59 Å². The third-order valence-corrected chi connectivity index (χ3v) is 1.52. The largest absolute Gasteiger partial charge is 0.480 e. The summed E-state index contributed by atoms with van der Waals surface area (Å²) in [6, 6.07) is 4.67. The predicted molar refractivity (Wildman–Crippen MR) is 43.8 cm³/mol. The van der Waals surface area contributed by atoms with E-state index in [-0.39, 0.29) is 5.69 Å². The van der Waals surface area contributed by atoms with Crippen molar-refractivity contribution in [2.75, 3.05) is 0 Å². The van der Waals surface area contributed by atoms with Gasteiger partial charge in [-0.1, -0.05) is 6.07 Å². The summed E-state index contributed by atoms with van der Waals surface area (Å²) in [5.74, 6) is -3.56.